The summed E-state index contributed by atoms with van der Waals surface area (Å²) in [5, 5.41) is 21.0. The summed E-state index contributed by atoms with van der Waals surface area (Å²) in [6.07, 6.45) is 1.60. The van der Waals surface area contributed by atoms with Crippen LogP contribution in [0, 0.1) is 0 Å². The van der Waals surface area contributed by atoms with Crippen LogP contribution < -0.4 is 5.32 Å². The zero-order chi connectivity index (χ0) is 13.0. The molecule has 1 rings (SSSR count). The highest BCUT2D eigenvalue weighted by Gasteiger charge is 2.39. The van der Waals surface area contributed by atoms with E-state index in [9.17, 15) is 14.7 Å². The Balaban J connectivity index is 2.61. The molecule has 1 fully saturated rings. The van der Waals surface area contributed by atoms with E-state index in [-0.39, 0.29) is 19.0 Å². The predicted molar refractivity (Wildman–Crippen MR) is 61.6 cm³/mol. The number of aliphatic hydroxyl groups is 1. The van der Waals surface area contributed by atoms with Gasteiger partial charge in [-0.15, -0.1) is 6.58 Å². The monoisotopic (exact) mass is 242 g/mol. The third-order valence-corrected chi connectivity index (χ3v) is 2.72. The van der Waals surface area contributed by atoms with Crippen LogP contribution in [-0.2, 0) is 4.79 Å². The van der Waals surface area contributed by atoms with Gasteiger partial charge in [-0.1, -0.05) is 6.08 Å². The van der Waals surface area contributed by atoms with Crippen LogP contribution in [0.15, 0.2) is 12.7 Å². The molecule has 1 aliphatic heterocycles. The maximum Gasteiger partial charge on any atom is 0.326 e. The van der Waals surface area contributed by atoms with Crippen LogP contribution >= 0.6 is 0 Å². The molecule has 1 heterocycles. The second-order valence-electron chi connectivity index (χ2n) is 4.27. The number of hydrogen-bond acceptors (Lipinski definition) is 3. The highest BCUT2D eigenvalue weighted by molar-refractivity contribution is 5.83. The summed E-state index contributed by atoms with van der Waals surface area (Å²) in [6.45, 7) is 5.43. The normalized spacial score (nSPS) is 25.4. The Morgan fingerprint density at radius 2 is 2.29 bits per heavy atom. The molecule has 96 valence electrons. The molecule has 1 saturated heterocycles. The van der Waals surface area contributed by atoms with Gasteiger partial charge in [-0.25, -0.2) is 9.59 Å². The molecule has 1 unspecified atom stereocenters. The Labute approximate surface area is 99.9 Å². The number of nitrogens with zero attached hydrogens (tertiary/aromatic N) is 1. The highest BCUT2D eigenvalue weighted by atomic mass is 16.4. The van der Waals surface area contributed by atoms with Gasteiger partial charge in [0.05, 0.1) is 6.10 Å². The summed E-state index contributed by atoms with van der Waals surface area (Å²) in [5.41, 5.74) is 0. The van der Waals surface area contributed by atoms with E-state index in [1.165, 1.54) is 0 Å². The lowest BCUT2D eigenvalue weighted by atomic mass is 10.2. The number of urea groups is 1. The quantitative estimate of drug-likeness (QED) is 0.613. The van der Waals surface area contributed by atoms with Gasteiger partial charge in [0.25, 0.3) is 0 Å². The van der Waals surface area contributed by atoms with Gasteiger partial charge in [0.1, 0.15) is 6.04 Å². The molecule has 3 atom stereocenters. The lowest BCUT2D eigenvalue weighted by Crippen LogP contribution is -2.48. The second kappa shape index (κ2) is 5.67. The fraction of sp³-hybridized carbons (Fsp3) is 0.636. The van der Waals surface area contributed by atoms with Crippen LogP contribution in [0.4, 0.5) is 4.79 Å². The van der Waals surface area contributed by atoms with Gasteiger partial charge in [-0.2, -0.15) is 0 Å². The zero-order valence-corrected chi connectivity index (χ0v) is 9.80. The van der Waals surface area contributed by atoms with Crippen molar-refractivity contribution in [3.8, 4) is 0 Å². The largest absolute Gasteiger partial charge is 0.480 e. The summed E-state index contributed by atoms with van der Waals surface area (Å²) in [4.78, 5) is 23.9. The van der Waals surface area contributed by atoms with Crippen molar-refractivity contribution < 1.29 is 19.8 Å². The van der Waals surface area contributed by atoms with Crippen molar-refractivity contribution >= 4 is 12.0 Å². The van der Waals surface area contributed by atoms with E-state index in [0.717, 1.165) is 4.90 Å². The van der Waals surface area contributed by atoms with Gasteiger partial charge < -0.3 is 20.4 Å². The van der Waals surface area contributed by atoms with Crippen molar-refractivity contribution in [1.82, 2.24) is 10.2 Å². The lowest BCUT2D eigenvalue weighted by Gasteiger charge is -2.23. The van der Waals surface area contributed by atoms with E-state index >= 15 is 0 Å². The van der Waals surface area contributed by atoms with E-state index in [0.29, 0.717) is 6.42 Å². The molecule has 0 aromatic rings. The number of carboxylic acid groups (broad SMARTS) is 1. The predicted octanol–water partition coefficient (Wildman–Crippen LogP) is 0.180. The van der Waals surface area contributed by atoms with Crippen LogP contribution in [0.1, 0.15) is 19.8 Å². The first kappa shape index (κ1) is 13.5. The number of amides is 2. The number of nitrogens with one attached hydrogen (secondary N) is 1. The zero-order valence-electron chi connectivity index (χ0n) is 9.80. The highest BCUT2D eigenvalue weighted by Crippen LogP contribution is 2.18. The molecule has 6 heteroatoms. The van der Waals surface area contributed by atoms with Gasteiger partial charge in [0, 0.05) is 19.0 Å². The minimum atomic E-state index is -1.09. The van der Waals surface area contributed by atoms with Crippen molar-refractivity contribution in [2.75, 3.05) is 6.54 Å². The van der Waals surface area contributed by atoms with Crippen LogP contribution in [0.2, 0.25) is 0 Å². The topological polar surface area (TPSA) is 89.9 Å². The molecule has 0 radical (unpaired) electrons. The number of carbonyl (C=O) groups excluding carboxylic acids is 1. The number of aliphatic hydroxyl groups excluding tert-OH is 1. The molecular weight excluding hydrogens is 224 g/mol. The summed E-state index contributed by atoms with van der Waals surface area (Å²) in [7, 11) is 0. The number of hydrogen-bond donors (Lipinski definition) is 3. The number of β-amino-alcohol motifs (C(OH)–C–C–N with tert-alkyl or cyclic N) is 1. The van der Waals surface area contributed by atoms with Crippen molar-refractivity contribution in [3.63, 3.8) is 0 Å². The van der Waals surface area contributed by atoms with Gasteiger partial charge in [-0.3, -0.25) is 0 Å². The van der Waals surface area contributed by atoms with Crippen LogP contribution in [0.5, 0.6) is 0 Å². The first-order valence-electron chi connectivity index (χ1n) is 5.54. The number of rotatable bonds is 4. The van der Waals surface area contributed by atoms with E-state index < -0.39 is 24.1 Å². The number of likely N-dealkylation sites (tertiary alicyclic amines) is 1. The molecule has 0 saturated carbocycles. The molecule has 0 aromatic heterocycles. The van der Waals surface area contributed by atoms with Crippen molar-refractivity contribution in [3.05, 3.63) is 12.7 Å². The molecule has 0 aliphatic carbocycles. The maximum atomic E-state index is 11.8. The van der Waals surface area contributed by atoms with E-state index in [1.54, 1.807) is 6.08 Å². The molecule has 2 amide bonds. The van der Waals surface area contributed by atoms with Crippen molar-refractivity contribution in [1.29, 1.82) is 0 Å². The first-order valence-corrected chi connectivity index (χ1v) is 5.54. The maximum absolute atomic E-state index is 11.8. The van der Waals surface area contributed by atoms with Gasteiger partial charge in [-0.05, 0) is 13.3 Å². The number of carboxylic acids is 1. The Morgan fingerprint density at radius 3 is 2.82 bits per heavy atom. The SMILES string of the molecule is C=CCC(C)NC(=O)N1C[C@H](O)C[C@@H]1C(=O)O. The third-order valence-electron chi connectivity index (χ3n) is 2.72. The molecule has 0 aromatic carbocycles. The first-order chi connectivity index (χ1) is 7.95. The molecule has 1 aliphatic rings. The number of carbonyl (C=O) groups is 2. The van der Waals surface area contributed by atoms with Crippen LogP contribution in [0.25, 0.3) is 0 Å². The summed E-state index contributed by atoms with van der Waals surface area (Å²) in [6, 6.07) is -1.50. The molecule has 6 nitrogen and oxygen atoms in total. The van der Waals surface area contributed by atoms with E-state index in [1.807, 2.05) is 6.92 Å². The van der Waals surface area contributed by atoms with Crippen LogP contribution in [-0.4, -0.2) is 51.8 Å². The van der Waals surface area contributed by atoms with Crippen molar-refractivity contribution in [2.24, 2.45) is 0 Å². The fourth-order valence-electron chi connectivity index (χ4n) is 1.87. The Bertz CT molecular complexity index is 319. The average molecular weight is 242 g/mol. The molecular formula is C11H18N2O4. The Morgan fingerprint density at radius 1 is 1.65 bits per heavy atom. The van der Waals surface area contributed by atoms with E-state index in [4.69, 9.17) is 5.11 Å². The average Bonchev–Trinajstić information content (AvgIpc) is 2.60. The summed E-state index contributed by atoms with van der Waals surface area (Å²) in [5.74, 6) is -1.09. The fourth-order valence-corrected chi connectivity index (χ4v) is 1.87. The standard InChI is InChI=1S/C11H18N2O4/c1-3-4-7(2)12-11(17)13-6-8(14)5-9(13)10(15)16/h3,7-9,14H,1,4-6H2,2H3,(H,12,17)(H,15,16)/t7?,8-,9-/m1/s1. The van der Waals surface area contributed by atoms with Gasteiger partial charge in [0.2, 0.25) is 0 Å². The van der Waals surface area contributed by atoms with Crippen LogP contribution in [0.3, 0.4) is 0 Å². The minimum Gasteiger partial charge on any atom is -0.480 e. The lowest BCUT2D eigenvalue weighted by molar-refractivity contribution is -0.141. The molecule has 3 N–H and O–H groups in total. The van der Waals surface area contributed by atoms with Crippen molar-refractivity contribution in [2.45, 2.75) is 38.0 Å². The summed E-state index contributed by atoms with van der Waals surface area (Å²) < 4.78 is 0. The smallest absolute Gasteiger partial charge is 0.326 e. The molecule has 0 bridgehead atoms. The second-order valence-corrected chi connectivity index (χ2v) is 4.27. The van der Waals surface area contributed by atoms with Gasteiger partial charge >= 0.3 is 12.0 Å². The Hall–Kier alpha value is -1.56. The Kier molecular flexibility index (Phi) is 4.51. The molecule has 0 spiro atoms. The van der Waals surface area contributed by atoms with E-state index in [2.05, 4.69) is 11.9 Å². The molecule has 17 heavy (non-hydrogen) atoms. The third kappa shape index (κ3) is 3.45. The summed E-state index contributed by atoms with van der Waals surface area (Å²) >= 11 is 0. The number of aliphatic carboxylic acids is 1. The van der Waals surface area contributed by atoms with Gasteiger partial charge in [0.15, 0.2) is 0 Å². The minimum absolute atomic E-state index is 0.0591.